The molecule has 0 spiro atoms. The monoisotopic (exact) mass is 330 g/mol. The molecule has 3 nitrogen and oxygen atoms in total. The van der Waals surface area contributed by atoms with E-state index in [4.69, 9.17) is 4.74 Å². The van der Waals surface area contributed by atoms with E-state index in [1.807, 2.05) is 38.1 Å². The predicted octanol–water partition coefficient (Wildman–Crippen LogP) is 3.76. The lowest BCUT2D eigenvalue weighted by atomic mass is 9.98. The third kappa shape index (κ3) is 5.70. The van der Waals surface area contributed by atoms with Gasteiger partial charge in [-0.05, 0) is 26.3 Å². The first-order valence-corrected chi connectivity index (χ1v) is 8.14. The summed E-state index contributed by atoms with van der Waals surface area (Å²) in [6.45, 7) is 6.95. The van der Waals surface area contributed by atoms with E-state index >= 15 is 0 Å². The van der Waals surface area contributed by atoms with Gasteiger partial charge < -0.3 is 10.1 Å². The summed E-state index contributed by atoms with van der Waals surface area (Å²) in [6.07, 6.45) is -4.87. The van der Waals surface area contributed by atoms with Gasteiger partial charge in [-0.2, -0.15) is 13.2 Å². The third-order valence-corrected chi connectivity index (χ3v) is 3.93. The van der Waals surface area contributed by atoms with Crippen LogP contribution in [-0.2, 0) is 0 Å². The molecule has 23 heavy (non-hydrogen) atoms. The Morgan fingerprint density at radius 1 is 1.17 bits per heavy atom. The van der Waals surface area contributed by atoms with E-state index in [0.717, 1.165) is 31.7 Å². The van der Waals surface area contributed by atoms with Gasteiger partial charge in [-0.25, -0.2) is 0 Å². The van der Waals surface area contributed by atoms with Crippen LogP contribution in [0.4, 0.5) is 13.2 Å². The molecule has 1 atom stereocenters. The van der Waals surface area contributed by atoms with Crippen molar-refractivity contribution in [3.05, 3.63) is 29.8 Å². The average molecular weight is 330 g/mol. The number of halogens is 3. The number of rotatable bonds is 6. The lowest BCUT2D eigenvalue weighted by Gasteiger charge is -2.36. The van der Waals surface area contributed by atoms with Crippen molar-refractivity contribution in [2.75, 3.05) is 26.2 Å². The van der Waals surface area contributed by atoms with Gasteiger partial charge in [-0.3, -0.25) is 4.90 Å². The Labute approximate surface area is 135 Å². The molecule has 1 aromatic carbocycles. The summed E-state index contributed by atoms with van der Waals surface area (Å²) in [4.78, 5) is 2.13. The Kier molecular flexibility index (Phi) is 6.30. The van der Waals surface area contributed by atoms with E-state index in [-0.39, 0.29) is 18.6 Å². The zero-order valence-corrected chi connectivity index (χ0v) is 13.7. The first kappa shape index (κ1) is 18.1. The highest BCUT2D eigenvalue weighted by molar-refractivity contribution is 5.36. The van der Waals surface area contributed by atoms with Crippen LogP contribution in [0.1, 0.15) is 38.3 Å². The number of alkyl halides is 3. The Morgan fingerprint density at radius 2 is 1.83 bits per heavy atom. The molecule has 130 valence electrons. The molecular formula is C17H25F3N2O. The molecule has 1 N–H and O–H groups in total. The van der Waals surface area contributed by atoms with Gasteiger partial charge in [0.15, 0.2) is 0 Å². The molecule has 0 unspecified atom stereocenters. The van der Waals surface area contributed by atoms with Gasteiger partial charge in [0, 0.05) is 44.2 Å². The highest BCUT2D eigenvalue weighted by Crippen LogP contribution is 2.36. The van der Waals surface area contributed by atoms with Crippen molar-refractivity contribution in [1.82, 2.24) is 10.2 Å². The van der Waals surface area contributed by atoms with E-state index < -0.39 is 12.6 Å². The average Bonchev–Trinajstić information content (AvgIpc) is 2.48. The quantitative estimate of drug-likeness (QED) is 0.859. The Bertz CT molecular complexity index is 485. The normalized spacial score (nSPS) is 18.2. The van der Waals surface area contributed by atoms with Crippen molar-refractivity contribution in [2.24, 2.45) is 0 Å². The molecule has 1 aliphatic rings. The van der Waals surface area contributed by atoms with Crippen LogP contribution < -0.4 is 10.1 Å². The van der Waals surface area contributed by atoms with E-state index in [9.17, 15) is 13.2 Å². The Hall–Kier alpha value is -1.27. The second-order valence-corrected chi connectivity index (χ2v) is 6.16. The summed E-state index contributed by atoms with van der Waals surface area (Å²) in [5.41, 5.74) is 0.854. The Balaban J connectivity index is 2.24. The van der Waals surface area contributed by atoms with Gasteiger partial charge in [-0.1, -0.05) is 18.2 Å². The topological polar surface area (TPSA) is 24.5 Å². The minimum Gasteiger partial charge on any atom is -0.491 e. The van der Waals surface area contributed by atoms with Crippen LogP contribution >= 0.6 is 0 Å². The standard InChI is InChI=1S/C17H25F3N2O/c1-13(2)23-16-6-4-3-5-14(16)15(7-8-17(18,19)20)22-11-9-21-10-12-22/h3-6,13,15,21H,7-12H2,1-2H3/t15-/m1/s1. The number of hydrogen-bond donors (Lipinski definition) is 1. The van der Waals surface area contributed by atoms with Crippen LogP contribution in [0.25, 0.3) is 0 Å². The molecule has 2 rings (SSSR count). The molecule has 0 amide bonds. The zero-order chi connectivity index (χ0) is 16.9. The van der Waals surface area contributed by atoms with Crippen LogP contribution in [0.5, 0.6) is 5.75 Å². The molecule has 1 aliphatic heterocycles. The van der Waals surface area contributed by atoms with Crippen LogP contribution in [0.2, 0.25) is 0 Å². The largest absolute Gasteiger partial charge is 0.491 e. The minimum absolute atomic E-state index is 0.0116. The van der Waals surface area contributed by atoms with E-state index in [1.165, 1.54) is 0 Å². The number of hydrogen-bond acceptors (Lipinski definition) is 3. The molecule has 0 aliphatic carbocycles. The maximum absolute atomic E-state index is 12.7. The van der Waals surface area contributed by atoms with E-state index in [1.54, 1.807) is 0 Å². The van der Waals surface area contributed by atoms with Gasteiger partial charge in [0.2, 0.25) is 0 Å². The molecule has 6 heteroatoms. The second-order valence-electron chi connectivity index (χ2n) is 6.16. The number of nitrogens with one attached hydrogen (secondary N) is 1. The van der Waals surface area contributed by atoms with Gasteiger partial charge in [0.05, 0.1) is 6.10 Å². The molecule has 1 aromatic rings. The summed E-state index contributed by atoms with van der Waals surface area (Å²) in [5, 5.41) is 3.25. The highest BCUT2D eigenvalue weighted by atomic mass is 19.4. The van der Waals surface area contributed by atoms with Crippen molar-refractivity contribution in [3.63, 3.8) is 0 Å². The molecule has 0 radical (unpaired) electrons. The first-order valence-electron chi connectivity index (χ1n) is 8.14. The van der Waals surface area contributed by atoms with Crippen LogP contribution in [0.3, 0.4) is 0 Å². The summed E-state index contributed by atoms with van der Waals surface area (Å²) in [7, 11) is 0. The SMILES string of the molecule is CC(C)Oc1ccccc1[C@@H](CCC(F)(F)F)N1CCNCC1. The molecule has 1 heterocycles. The molecule has 1 fully saturated rings. The van der Waals surface area contributed by atoms with Crippen molar-refractivity contribution >= 4 is 0 Å². The molecule has 0 bridgehead atoms. The van der Waals surface area contributed by atoms with Crippen molar-refractivity contribution in [2.45, 2.75) is 45.0 Å². The summed E-state index contributed by atoms with van der Waals surface area (Å²) >= 11 is 0. The lowest BCUT2D eigenvalue weighted by Crippen LogP contribution is -2.45. The van der Waals surface area contributed by atoms with Gasteiger partial charge in [0.25, 0.3) is 0 Å². The number of nitrogens with zero attached hydrogens (tertiary/aromatic N) is 1. The lowest BCUT2D eigenvalue weighted by molar-refractivity contribution is -0.138. The first-order chi connectivity index (χ1) is 10.9. The second kappa shape index (κ2) is 8.02. The minimum atomic E-state index is -4.14. The fourth-order valence-corrected chi connectivity index (χ4v) is 2.95. The summed E-state index contributed by atoms with van der Waals surface area (Å²) in [5.74, 6) is 0.688. The van der Waals surface area contributed by atoms with Crippen molar-refractivity contribution in [3.8, 4) is 5.75 Å². The number of benzene rings is 1. The summed E-state index contributed by atoms with van der Waals surface area (Å²) in [6, 6.07) is 7.19. The van der Waals surface area contributed by atoms with Crippen molar-refractivity contribution in [1.29, 1.82) is 0 Å². The van der Waals surface area contributed by atoms with Crippen LogP contribution in [-0.4, -0.2) is 43.4 Å². The Morgan fingerprint density at radius 3 is 2.43 bits per heavy atom. The van der Waals surface area contributed by atoms with Gasteiger partial charge in [0.1, 0.15) is 5.75 Å². The highest BCUT2D eigenvalue weighted by Gasteiger charge is 2.32. The fourth-order valence-electron chi connectivity index (χ4n) is 2.95. The zero-order valence-electron chi connectivity index (χ0n) is 13.7. The molecule has 1 saturated heterocycles. The third-order valence-electron chi connectivity index (χ3n) is 3.93. The maximum atomic E-state index is 12.7. The van der Waals surface area contributed by atoms with Gasteiger partial charge >= 0.3 is 6.18 Å². The summed E-state index contributed by atoms with van der Waals surface area (Å²) < 4.78 is 44.1. The van der Waals surface area contributed by atoms with Crippen molar-refractivity contribution < 1.29 is 17.9 Å². The van der Waals surface area contributed by atoms with Crippen LogP contribution in [0.15, 0.2) is 24.3 Å². The molecule has 0 saturated carbocycles. The maximum Gasteiger partial charge on any atom is 0.389 e. The smallest absolute Gasteiger partial charge is 0.389 e. The van der Waals surface area contributed by atoms with Gasteiger partial charge in [-0.15, -0.1) is 0 Å². The fraction of sp³-hybridized carbons (Fsp3) is 0.647. The molecule has 0 aromatic heterocycles. The number of para-hydroxylation sites is 1. The number of ether oxygens (including phenoxy) is 1. The van der Waals surface area contributed by atoms with E-state index in [2.05, 4.69) is 10.2 Å². The molecular weight excluding hydrogens is 305 g/mol. The number of piperazine rings is 1. The van der Waals surface area contributed by atoms with E-state index in [0.29, 0.717) is 5.75 Å². The van der Waals surface area contributed by atoms with Crippen LogP contribution in [0, 0.1) is 0 Å². The predicted molar refractivity (Wildman–Crippen MR) is 84.7 cm³/mol.